The number of methoxy groups -OCH3 is 1. The number of hydrogen-bond donors (Lipinski definition) is 2. The van der Waals surface area contributed by atoms with E-state index in [1.165, 1.54) is 25.3 Å². The number of rotatable bonds is 5. The van der Waals surface area contributed by atoms with Crippen molar-refractivity contribution in [2.24, 2.45) is 5.73 Å². The Balaban J connectivity index is 2.28. The molecule has 0 bridgehead atoms. The molecular weight excluding hydrogens is 268 g/mol. The quantitative estimate of drug-likeness (QED) is 0.843. The Morgan fingerprint density at radius 3 is 2.65 bits per heavy atom. The Kier molecular flexibility index (Phi) is 3.56. The van der Waals surface area contributed by atoms with Gasteiger partial charge in [-0.3, -0.25) is 4.79 Å². The molecule has 1 aromatic carbocycles. The van der Waals surface area contributed by atoms with Crippen molar-refractivity contribution in [3.8, 4) is 17.6 Å². The van der Waals surface area contributed by atoms with Gasteiger partial charge in [-0.1, -0.05) is 0 Å². The van der Waals surface area contributed by atoms with E-state index in [0.29, 0.717) is 0 Å². The van der Waals surface area contributed by atoms with Crippen molar-refractivity contribution in [2.45, 2.75) is 0 Å². The van der Waals surface area contributed by atoms with Gasteiger partial charge in [-0.2, -0.15) is 4.98 Å². The number of oxazole rings is 1. The molecule has 0 aliphatic heterocycles. The second-order valence-electron chi connectivity index (χ2n) is 3.64. The fraction of sp³-hybridized carbons (Fsp3) is 0.0833. The zero-order valence-corrected chi connectivity index (χ0v) is 10.3. The molecule has 0 atom stereocenters. The van der Waals surface area contributed by atoms with E-state index in [1.807, 2.05) is 0 Å². The largest absolute Gasteiger partial charge is 0.493 e. The fourth-order valence-electron chi connectivity index (χ4n) is 1.40. The first kappa shape index (κ1) is 13.4. The number of aromatic nitrogens is 1. The number of primary amides is 1. The summed E-state index contributed by atoms with van der Waals surface area (Å²) in [5.74, 6) is -1.41. The van der Waals surface area contributed by atoms with Crippen LogP contribution in [0.5, 0.6) is 17.6 Å². The first-order chi connectivity index (χ1) is 9.51. The van der Waals surface area contributed by atoms with Crippen LogP contribution in [0.4, 0.5) is 0 Å². The molecule has 0 radical (unpaired) electrons. The van der Waals surface area contributed by atoms with Gasteiger partial charge in [0, 0.05) is 5.56 Å². The third kappa shape index (κ3) is 2.69. The molecule has 0 spiro atoms. The minimum absolute atomic E-state index is 0.205. The Hall–Kier alpha value is -3.03. The van der Waals surface area contributed by atoms with Gasteiger partial charge in [-0.05, 0) is 18.2 Å². The predicted octanol–water partition coefficient (Wildman–Crippen LogP) is 1.27. The molecule has 1 heterocycles. The molecule has 0 fully saturated rings. The lowest BCUT2D eigenvalue weighted by atomic mass is 10.2. The number of carbonyl (C=O) groups is 2. The van der Waals surface area contributed by atoms with Gasteiger partial charge >= 0.3 is 12.0 Å². The van der Waals surface area contributed by atoms with Crippen LogP contribution in [0.2, 0.25) is 0 Å². The topological polar surface area (TPSA) is 125 Å². The fourth-order valence-corrected chi connectivity index (χ4v) is 1.40. The number of nitrogens with two attached hydrogens (primary N) is 1. The van der Waals surface area contributed by atoms with E-state index < -0.39 is 11.9 Å². The van der Waals surface area contributed by atoms with E-state index >= 15 is 0 Å². The van der Waals surface area contributed by atoms with Crippen LogP contribution in [0.15, 0.2) is 28.9 Å². The van der Waals surface area contributed by atoms with Crippen LogP contribution in [0, 0.1) is 0 Å². The number of amides is 1. The lowest BCUT2D eigenvalue weighted by molar-refractivity contribution is 0.0690. The van der Waals surface area contributed by atoms with Gasteiger partial charge in [0.1, 0.15) is 6.26 Å². The zero-order chi connectivity index (χ0) is 14.7. The molecule has 0 saturated heterocycles. The molecule has 0 aliphatic carbocycles. The monoisotopic (exact) mass is 278 g/mol. The summed E-state index contributed by atoms with van der Waals surface area (Å²) in [6.07, 6.45) is 0.689. The standard InChI is InChI=1S/C12H10N2O6/c1-18-9-4-6(10(13)15)2-3-8(9)20-12-14-7(5-19-12)11(16)17/h2-5H,1H3,(H2,13,15)(H,16,17). The van der Waals surface area contributed by atoms with Crippen molar-refractivity contribution in [3.05, 3.63) is 35.7 Å². The van der Waals surface area contributed by atoms with E-state index in [1.54, 1.807) is 0 Å². The first-order valence-corrected chi connectivity index (χ1v) is 5.35. The molecule has 2 rings (SSSR count). The maximum Gasteiger partial charge on any atom is 0.400 e. The highest BCUT2D eigenvalue weighted by molar-refractivity contribution is 5.93. The first-order valence-electron chi connectivity index (χ1n) is 5.35. The van der Waals surface area contributed by atoms with E-state index in [2.05, 4.69) is 4.98 Å². The predicted molar refractivity (Wildman–Crippen MR) is 65.0 cm³/mol. The van der Waals surface area contributed by atoms with Gasteiger partial charge in [-0.15, -0.1) is 0 Å². The van der Waals surface area contributed by atoms with Crippen LogP contribution in [0.25, 0.3) is 0 Å². The summed E-state index contributed by atoms with van der Waals surface area (Å²) in [6.45, 7) is 0. The maximum absolute atomic E-state index is 11.0. The highest BCUT2D eigenvalue weighted by Gasteiger charge is 2.15. The molecule has 1 aromatic heterocycles. The summed E-state index contributed by atoms with van der Waals surface area (Å²) in [6, 6.07) is 4.25. The molecule has 2 aromatic rings. The van der Waals surface area contributed by atoms with Gasteiger partial charge in [-0.25, -0.2) is 4.79 Å². The molecular formula is C12H10N2O6. The van der Waals surface area contributed by atoms with Gasteiger partial charge < -0.3 is 24.7 Å². The average molecular weight is 278 g/mol. The SMILES string of the molecule is COc1cc(C(N)=O)ccc1Oc1nc(C(=O)O)co1. The van der Waals surface area contributed by atoms with Crippen molar-refractivity contribution in [2.75, 3.05) is 7.11 Å². The van der Waals surface area contributed by atoms with Gasteiger partial charge in [0.05, 0.1) is 7.11 Å². The smallest absolute Gasteiger partial charge is 0.400 e. The minimum Gasteiger partial charge on any atom is -0.493 e. The molecule has 3 N–H and O–H groups in total. The van der Waals surface area contributed by atoms with E-state index in [9.17, 15) is 9.59 Å². The third-order valence-electron chi connectivity index (χ3n) is 2.35. The number of ether oxygens (including phenoxy) is 2. The molecule has 8 heteroatoms. The van der Waals surface area contributed by atoms with Crippen molar-refractivity contribution in [1.82, 2.24) is 4.98 Å². The number of hydrogen-bond acceptors (Lipinski definition) is 6. The molecule has 104 valence electrons. The highest BCUT2D eigenvalue weighted by atomic mass is 16.6. The summed E-state index contributed by atoms with van der Waals surface area (Å²) in [5, 5.41) is 8.71. The van der Waals surface area contributed by atoms with Gasteiger partial charge in [0.2, 0.25) is 5.91 Å². The number of benzene rings is 1. The number of carboxylic acids is 1. The van der Waals surface area contributed by atoms with Crippen LogP contribution in [-0.4, -0.2) is 29.1 Å². The van der Waals surface area contributed by atoms with E-state index in [0.717, 1.165) is 6.26 Å². The third-order valence-corrected chi connectivity index (χ3v) is 2.35. The van der Waals surface area contributed by atoms with Crippen molar-refractivity contribution < 1.29 is 28.6 Å². The summed E-state index contributed by atoms with van der Waals surface area (Å²) < 4.78 is 15.1. The van der Waals surface area contributed by atoms with Crippen molar-refractivity contribution in [3.63, 3.8) is 0 Å². The van der Waals surface area contributed by atoms with Crippen molar-refractivity contribution >= 4 is 11.9 Å². The Morgan fingerprint density at radius 1 is 1.35 bits per heavy atom. The lowest BCUT2D eigenvalue weighted by Gasteiger charge is -2.08. The summed E-state index contributed by atoms with van der Waals surface area (Å²) in [5.41, 5.74) is 5.10. The molecule has 8 nitrogen and oxygen atoms in total. The summed E-state index contributed by atoms with van der Waals surface area (Å²) >= 11 is 0. The molecule has 0 saturated carbocycles. The number of carbonyl (C=O) groups excluding carboxylic acids is 1. The van der Waals surface area contributed by atoms with E-state index in [-0.39, 0.29) is 28.8 Å². The number of nitrogens with zero attached hydrogens (tertiary/aromatic N) is 1. The van der Waals surface area contributed by atoms with Gasteiger partial charge in [0.25, 0.3) is 0 Å². The average Bonchev–Trinajstić information content (AvgIpc) is 2.87. The normalized spacial score (nSPS) is 10.1. The second kappa shape index (κ2) is 5.31. The maximum atomic E-state index is 11.0. The van der Waals surface area contributed by atoms with Crippen LogP contribution in [0.1, 0.15) is 20.8 Å². The van der Waals surface area contributed by atoms with Crippen LogP contribution < -0.4 is 15.2 Å². The van der Waals surface area contributed by atoms with Gasteiger partial charge in [0.15, 0.2) is 17.2 Å². The highest BCUT2D eigenvalue weighted by Crippen LogP contribution is 2.31. The molecule has 1 amide bonds. The lowest BCUT2D eigenvalue weighted by Crippen LogP contribution is -2.10. The molecule has 20 heavy (non-hydrogen) atoms. The summed E-state index contributed by atoms with van der Waals surface area (Å²) in [4.78, 5) is 25.3. The van der Waals surface area contributed by atoms with Crippen LogP contribution in [0.3, 0.4) is 0 Å². The zero-order valence-electron chi connectivity index (χ0n) is 10.3. The summed E-state index contributed by atoms with van der Waals surface area (Å²) in [7, 11) is 1.38. The van der Waals surface area contributed by atoms with E-state index in [4.69, 9.17) is 24.7 Å². The van der Waals surface area contributed by atoms with Crippen molar-refractivity contribution in [1.29, 1.82) is 0 Å². The Morgan fingerprint density at radius 2 is 2.10 bits per heavy atom. The van der Waals surface area contributed by atoms with Crippen LogP contribution >= 0.6 is 0 Å². The Labute approximate surface area is 112 Å². The number of carboxylic acid groups (broad SMARTS) is 1. The minimum atomic E-state index is -1.24. The Bertz CT molecular complexity index is 664. The second-order valence-corrected chi connectivity index (χ2v) is 3.64. The molecule has 0 unspecified atom stereocenters. The molecule has 0 aliphatic rings. The number of aromatic carboxylic acids is 1. The van der Waals surface area contributed by atoms with Crippen LogP contribution in [-0.2, 0) is 0 Å².